The van der Waals surface area contributed by atoms with Crippen molar-refractivity contribution < 1.29 is 14.7 Å². The quantitative estimate of drug-likeness (QED) is 0.645. The molecule has 1 aliphatic heterocycles. The molecule has 2 unspecified atom stereocenters. The molecule has 1 rings (SSSR count). The van der Waals surface area contributed by atoms with Gasteiger partial charge in [0.2, 0.25) is 5.91 Å². The summed E-state index contributed by atoms with van der Waals surface area (Å²) in [4.78, 5) is 21.6. The monoisotopic (exact) mass is 189 g/mol. The van der Waals surface area contributed by atoms with E-state index in [1.54, 1.807) is 7.05 Å². The van der Waals surface area contributed by atoms with E-state index in [1.165, 1.54) is 11.8 Å². The summed E-state index contributed by atoms with van der Waals surface area (Å²) in [6.07, 6.45) is 1.26. The van der Waals surface area contributed by atoms with E-state index >= 15 is 0 Å². The van der Waals surface area contributed by atoms with E-state index in [-0.39, 0.29) is 11.2 Å². The second-order valence-corrected chi connectivity index (χ2v) is 4.05. The molecule has 1 saturated heterocycles. The van der Waals surface area contributed by atoms with Crippen LogP contribution >= 0.6 is 11.8 Å². The Bertz CT molecular complexity index is 207. The third-order valence-electron chi connectivity index (χ3n) is 1.83. The van der Waals surface area contributed by atoms with Crippen molar-refractivity contribution >= 4 is 23.6 Å². The van der Waals surface area contributed by atoms with E-state index < -0.39 is 11.2 Å². The number of hydrogen-bond donors (Lipinski definition) is 2. The molecular formula is C7H11NO3S. The smallest absolute Gasteiger partial charge is 0.316 e. The fourth-order valence-corrected chi connectivity index (χ4v) is 2.47. The molecule has 0 aromatic heterocycles. The third kappa shape index (κ3) is 1.91. The minimum atomic E-state index is -0.814. The van der Waals surface area contributed by atoms with Gasteiger partial charge >= 0.3 is 5.97 Å². The number of thioether (sulfide) groups is 1. The highest BCUT2D eigenvalue weighted by Crippen LogP contribution is 2.33. The van der Waals surface area contributed by atoms with Crippen molar-refractivity contribution in [2.75, 3.05) is 7.05 Å². The summed E-state index contributed by atoms with van der Waals surface area (Å²) in [5.74, 6) is -0.879. The molecule has 2 atom stereocenters. The Morgan fingerprint density at radius 2 is 2.00 bits per heavy atom. The van der Waals surface area contributed by atoms with Gasteiger partial charge in [0.1, 0.15) is 5.25 Å². The molecule has 12 heavy (non-hydrogen) atoms. The third-order valence-corrected chi connectivity index (χ3v) is 3.38. The summed E-state index contributed by atoms with van der Waals surface area (Å²) in [7, 11) is 1.57. The lowest BCUT2D eigenvalue weighted by Gasteiger charge is -2.06. The Kier molecular flexibility index (Phi) is 2.97. The molecule has 68 valence electrons. The summed E-state index contributed by atoms with van der Waals surface area (Å²) in [6.45, 7) is 0. The lowest BCUT2D eigenvalue weighted by molar-refractivity contribution is -0.136. The van der Waals surface area contributed by atoms with E-state index in [0.29, 0.717) is 12.8 Å². The van der Waals surface area contributed by atoms with Crippen LogP contribution in [0.1, 0.15) is 12.8 Å². The Hall–Kier alpha value is -0.710. The van der Waals surface area contributed by atoms with Crippen LogP contribution in [0.15, 0.2) is 0 Å². The first kappa shape index (κ1) is 9.38. The molecule has 0 radical (unpaired) electrons. The van der Waals surface area contributed by atoms with Crippen LogP contribution in [0.4, 0.5) is 0 Å². The highest BCUT2D eigenvalue weighted by Gasteiger charge is 2.33. The zero-order valence-corrected chi connectivity index (χ0v) is 7.56. The second kappa shape index (κ2) is 3.80. The summed E-state index contributed by atoms with van der Waals surface area (Å²) in [6, 6.07) is 0. The lowest BCUT2D eigenvalue weighted by atomic mass is 10.2. The minimum Gasteiger partial charge on any atom is -0.480 e. The van der Waals surface area contributed by atoms with Crippen molar-refractivity contribution in [1.29, 1.82) is 0 Å². The Labute approximate surface area is 74.7 Å². The van der Waals surface area contributed by atoms with Crippen LogP contribution in [-0.2, 0) is 9.59 Å². The first-order chi connectivity index (χ1) is 5.65. The number of carbonyl (C=O) groups is 2. The summed E-state index contributed by atoms with van der Waals surface area (Å²) in [5, 5.41) is 10.6. The van der Waals surface area contributed by atoms with Crippen LogP contribution in [0.3, 0.4) is 0 Å². The molecular weight excluding hydrogens is 178 g/mol. The average Bonchev–Trinajstić information content (AvgIpc) is 2.51. The molecule has 1 heterocycles. The van der Waals surface area contributed by atoms with Gasteiger partial charge in [-0.05, 0) is 12.8 Å². The van der Waals surface area contributed by atoms with E-state index in [4.69, 9.17) is 5.11 Å². The summed E-state index contributed by atoms with van der Waals surface area (Å²) in [5.41, 5.74) is 0. The molecule has 5 heteroatoms. The zero-order valence-electron chi connectivity index (χ0n) is 6.74. The van der Waals surface area contributed by atoms with Gasteiger partial charge in [0.25, 0.3) is 0 Å². The predicted molar refractivity (Wildman–Crippen MR) is 46.1 cm³/mol. The second-order valence-electron chi connectivity index (χ2n) is 2.64. The van der Waals surface area contributed by atoms with Crippen LogP contribution in [0.2, 0.25) is 0 Å². The van der Waals surface area contributed by atoms with Gasteiger partial charge in [0.15, 0.2) is 0 Å². The maximum atomic E-state index is 11.1. The van der Waals surface area contributed by atoms with Gasteiger partial charge in [-0.1, -0.05) is 0 Å². The SMILES string of the molecule is CNC(=O)C1CCC(C(=O)O)S1. The lowest BCUT2D eigenvalue weighted by Crippen LogP contribution is -2.28. The van der Waals surface area contributed by atoms with E-state index in [9.17, 15) is 9.59 Å². The van der Waals surface area contributed by atoms with Crippen LogP contribution in [-0.4, -0.2) is 34.5 Å². The standard InChI is InChI=1S/C7H11NO3S/c1-8-6(9)4-2-3-5(12-4)7(10)11/h4-5H,2-3H2,1H3,(H,8,9)(H,10,11). The van der Waals surface area contributed by atoms with Gasteiger partial charge < -0.3 is 10.4 Å². The fraction of sp³-hybridized carbons (Fsp3) is 0.714. The zero-order chi connectivity index (χ0) is 9.14. The first-order valence-electron chi connectivity index (χ1n) is 3.75. The molecule has 0 saturated carbocycles. The highest BCUT2D eigenvalue weighted by molar-refractivity contribution is 8.02. The highest BCUT2D eigenvalue weighted by atomic mass is 32.2. The molecule has 0 spiro atoms. The summed E-state index contributed by atoms with van der Waals surface area (Å²) >= 11 is 1.24. The molecule has 0 aromatic rings. The normalized spacial score (nSPS) is 28.4. The Morgan fingerprint density at radius 1 is 1.42 bits per heavy atom. The van der Waals surface area contributed by atoms with Crippen LogP contribution in [0, 0.1) is 0 Å². The molecule has 2 N–H and O–H groups in total. The number of carboxylic acid groups (broad SMARTS) is 1. The number of rotatable bonds is 2. The number of carboxylic acids is 1. The number of amides is 1. The maximum absolute atomic E-state index is 11.1. The molecule has 0 bridgehead atoms. The van der Waals surface area contributed by atoms with Gasteiger partial charge in [-0.2, -0.15) is 0 Å². The topological polar surface area (TPSA) is 66.4 Å². The van der Waals surface area contributed by atoms with E-state index in [1.807, 2.05) is 0 Å². The number of nitrogens with one attached hydrogen (secondary N) is 1. The molecule has 0 aliphatic carbocycles. The van der Waals surface area contributed by atoms with Gasteiger partial charge in [0, 0.05) is 7.05 Å². The fourth-order valence-electron chi connectivity index (χ4n) is 1.17. The first-order valence-corrected chi connectivity index (χ1v) is 4.69. The van der Waals surface area contributed by atoms with Crippen molar-refractivity contribution in [2.45, 2.75) is 23.3 Å². The Morgan fingerprint density at radius 3 is 2.42 bits per heavy atom. The average molecular weight is 189 g/mol. The van der Waals surface area contributed by atoms with Gasteiger partial charge in [-0.25, -0.2) is 0 Å². The van der Waals surface area contributed by atoms with Crippen LogP contribution < -0.4 is 5.32 Å². The largest absolute Gasteiger partial charge is 0.480 e. The van der Waals surface area contributed by atoms with Gasteiger partial charge in [-0.3, -0.25) is 9.59 Å². The molecule has 0 aromatic carbocycles. The van der Waals surface area contributed by atoms with Crippen molar-refractivity contribution in [3.63, 3.8) is 0 Å². The maximum Gasteiger partial charge on any atom is 0.316 e. The summed E-state index contributed by atoms with van der Waals surface area (Å²) < 4.78 is 0. The minimum absolute atomic E-state index is 0.0660. The van der Waals surface area contributed by atoms with Crippen molar-refractivity contribution in [2.24, 2.45) is 0 Å². The van der Waals surface area contributed by atoms with Crippen molar-refractivity contribution in [3.8, 4) is 0 Å². The van der Waals surface area contributed by atoms with Crippen molar-refractivity contribution in [3.05, 3.63) is 0 Å². The molecule has 1 fully saturated rings. The van der Waals surface area contributed by atoms with Crippen molar-refractivity contribution in [1.82, 2.24) is 5.32 Å². The van der Waals surface area contributed by atoms with E-state index in [0.717, 1.165) is 0 Å². The van der Waals surface area contributed by atoms with Gasteiger partial charge in [0.05, 0.1) is 5.25 Å². The number of aliphatic carboxylic acids is 1. The van der Waals surface area contributed by atoms with Crippen LogP contribution in [0.5, 0.6) is 0 Å². The number of carbonyl (C=O) groups excluding carboxylic acids is 1. The molecule has 1 aliphatic rings. The Balaban J connectivity index is 2.45. The van der Waals surface area contributed by atoms with Crippen LogP contribution in [0.25, 0.3) is 0 Å². The molecule has 4 nitrogen and oxygen atoms in total. The van der Waals surface area contributed by atoms with E-state index in [2.05, 4.69) is 5.32 Å². The predicted octanol–water partition coefficient (Wildman–Crippen LogP) is 0.0812. The molecule has 1 amide bonds. The van der Waals surface area contributed by atoms with Gasteiger partial charge in [-0.15, -0.1) is 11.8 Å². The number of hydrogen-bond acceptors (Lipinski definition) is 3.